The van der Waals surface area contributed by atoms with Gasteiger partial charge in [0, 0.05) is 46.2 Å². The maximum Gasteiger partial charge on any atom is 4.00 e. The van der Waals surface area contributed by atoms with Crippen LogP contribution in [0, 0.1) is 11.3 Å². The summed E-state index contributed by atoms with van der Waals surface area (Å²) in [7, 11) is 5.34. The number of nitrogens with zero attached hydrogens (tertiary/aromatic N) is 10. The molecule has 1 atom stereocenters. The van der Waals surface area contributed by atoms with E-state index in [4.69, 9.17) is 20.6 Å². The first kappa shape index (κ1) is 56.9. The number of aromatic nitrogens is 6. The minimum atomic E-state index is -1.27. The van der Waals surface area contributed by atoms with Gasteiger partial charge in [0.15, 0.2) is 0 Å². The van der Waals surface area contributed by atoms with Crippen LogP contribution in [0.1, 0.15) is 115 Å². The molecule has 1 aliphatic heterocycles. The molecule has 0 bridgehead atoms. The van der Waals surface area contributed by atoms with Gasteiger partial charge in [0.25, 0.3) is 0 Å². The van der Waals surface area contributed by atoms with Crippen molar-refractivity contribution in [2.45, 2.75) is 92.4 Å². The molecule has 0 spiro atoms. The maximum atomic E-state index is 11.2. The Morgan fingerprint density at radius 2 is 0.964 bits per heavy atom. The van der Waals surface area contributed by atoms with Gasteiger partial charge in [-0.2, -0.15) is 5.26 Å². The molecule has 4 heterocycles. The molecule has 3 aromatic heterocycles. The van der Waals surface area contributed by atoms with E-state index in [1.54, 1.807) is 18.2 Å². The maximum absolute atomic E-state index is 11.2. The summed E-state index contributed by atoms with van der Waals surface area (Å²) in [6, 6.07) is 15.3. The van der Waals surface area contributed by atoms with Gasteiger partial charge in [0.05, 0.1) is 23.2 Å². The second kappa shape index (κ2) is 29.8. The molecule has 0 unspecified atom stereocenters. The molecule has 4 aromatic rings. The summed E-state index contributed by atoms with van der Waals surface area (Å²) in [5.41, 5.74) is 4.20. The third-order valence-electron chi connectivity index (χ3n) is 9.28. The third kappa shape index (κ3) is 19.5. The molecule has 55 heavy (non-hydrogen) atoms. The molecule has 1 fully saturated rings. The van der Waals surface area contributed by atoms with Crippen molar-refractivity contribution in [1.82, 2.24) is 43.8 Å². The molecular weight excluding hydrogens is 843 g/mol. The Kier molecular flexibility index (Phi) is 30.8. The van der Waals surface area contributed by atoms with Crippen molar-refractivity contribution in [2.75, 3.05) is 60.4 Å². The quantitative estimate of drug-likeness (QED) is 0.203. The van der Waals surface area contributed by atoms with Crippen molar-refractivity contribution in [3.05, 3.63) is 83.7 Å². The van der Waals surface area contributed by atoms with Gasteiger partial charge in [-0.15, -0.1) is 5.75 Å². The molecule has 0 saturated carbocycles. The summed E-state index contributed by atoms with van der Waals surface area (Å²) in [5, 5.41) is 32.9. The Labute approximate surface area is 364 Å². The first-order valence-corrected chi connectivity index (χ1v) is 18.7. The van der Waals surface area contributed by atoms with Crippen LogP contribution in [0.4, 0.5) is 0 Å². The van der Waals surface area contributed by atoms with Gasteiger partial charge in [0.1, 0.15) is 0 Å². The standard InChI is InChI=1S/C18H28BN6.C10H14O.C9H21N3.C2H3N.Cu.Mo.O.S/c1-13(2)16-7-10-23(20-16)19(24-11-8-17(21-24)14(3)4)25-12-9-18(22-25)15(5)6;1-3-8(2)9-6-4-5-7-10(9)11;1-10-4-6-11(2)8-9-12(3)7-5-10;1-2-3;;;;/h7-15,19H,1-6H3;4-8,11H,3H2,1-2H3;4-9H2,1-3H3;1H3;;;;/q-1;;;;+2;+4;2*-2/p-1/t;8-;;;;;;/m.0....../s1. The van der Waals surface area contributed by atoms with Gasteiger partial charge < -0.3 is 52.6 Å². The van der Waals surface area contributed by atoms with Crippen LogP contribution in [-0.4, -0.2) is 111 Å². The zero-order valence-electron chi connectivity index (χ0n) is 35.1. The fraction of sp³-hybridized carbons (Fsp3) is 0.590. The molecule has 1 saturated heterocycles. The number of likely N-dealkylation sites (N-methyl/N-ethyl adjacent to an activating group) is 3. The topological polar surface area (TPSA) is 139 Å². The summed E-state index contributed by atoms with van der Waals surface area (Å²) >= 11 is 0. The van der Waals surface area contributed by atoms with Gasteiger partial charge in [-0.05, 0) is 88.0 Å². The van der Waals surface area contributed by atoms with Crippen molar-refractivity contribution in [3.8, 4) is 11.8 Å². The predicted molar refractivity (Wildman–Crippen MR) is 219 cm³/mol. The monoisotopic (exact) mass is 909 g/mol. The van der Waals surface area contributed by atoms with Crippen molar-refractivity contribution in [3.63, 3.8) is 0 Å². The summed E-state index contributed by atoms with van der Waals surface area (Å²) < 4.78 is 6.05. The molecular formula is C39H65BCuMoN10O2S. The van der Waals surface area contributed by atoms with Crippen LogP contribution in [0.15, 0.2) is 61.1 Å². The second-order valence-electron chi connectivity index (χ2n) is 14.7. The van der Waals surface area contributed by atoms with Gasteiger partial charge in [-0.25, -0.2) is 15.3 Å². The molecule has 0 N–H and O–H groups in total. The van der Waals surface area contributed by atoms with Crippen molar-refractivity contribution >= 4 is 20.6 Å². The Hall–Kier alpha value is -2.40. The first-order valence-electron chi connectivity index (χ1n) is 18.7. The number of hydrogen-bond donors (Lipinski definition) is 0. The minimum Gasteiger partial charge on any atom is -2.00 e. The fourth-order valence-electron chi connectivity index (χ4n) is 5.44. The average Bonchev–Trinajstić information content (AvgIpc) is 3.89. The second-order valence-corrected chi connectivity index (χ2v) is 14.7. The molecule has 1 aliphatic rings. The fourth-order valence-corrected chi connectivity index (χ4v) is 5.44. The normalized spacial score (nSPS) is 14.0. The molecule has 1 radical (unpaired) electrons. The number of para-hydroxylation sites is 1. The number of hydrogen-bond acceptors (Lipinski definition) is 8. The van der Waals surface area contributed by atoms with Crippen molar-refractivity contribution < 1.29 is 48.7 Å². The van der Waals surface area contributed by atoms with E-state index in [0.717, 1.165) is 29.1 Å². The Balaban J connectivity index is -0.000000763. The third-order valence-corrected chi connectivity index (χ3v) is 9.28. The van der Waals surface area contributed by atoms with E-state index in [1.165, 1.54) is 46.2 Å². The van der Waals surface area contributed by atoms with E-state index >= 15 is 0 Å². The number of nitriles is 1. The van der Waals surface area contributed by atoms with Gasteiger partial charge in [-0.3, -0.25) is 0 Å². The predicted octanol–water partition coefficient (Wildman–Crippen LogP) is 5.78. The van der Waals surface area contributed by atoms with E-state index in [-0.39, 0.29) is 62.9 Å². The van der Waals surface area contributed by atoms with Gasteiger partial charge >= 0.3 is 45.3 Å². The van der Waals surface area contributed by atoms with E-state index in [0.29, 0.717) is 23.7 Å². The van der Waals surface area contributed by atoms with E-state index in [9.17, 15) is 5.11 Å². The Morgan fingerprint density at radius 1 is 0.673 bits per heavy atom. The summed E-state index contributed by atoms with van der Waals surface area (Å²) in [4.78, 5) is 7.20. The van der Waals surface area contributed by atoms with E-state index in [2.05, 4.69) is 109 Å². The molecule has 5 rings (SSSR count). The molecule has 0 amide bonds. The van der Waals surface area contributed by atoms with Gasteiger partial charge in [0.2, 0.25) is 0 Å². The SMILES string of the molecule is CC#N.CC(C)c1ccn([BH-](n2ccc(C(C)C)n2)n2ccc(C(C)C)n2)n1.CC[C@H](C)c1ccccc1[O-].CN1CCN(C)CCN(C)CC1.[Cu+2].[Mo+4].[O-2].[S-2]. The largest absolute Gasteiger partial charge is 4.00 e. The smallest absolute Gasteiger partial charge is 2.00 e. The average molecular weight is 908 g/mol. The van der Waals surface area contributed by atoms with Crippen LogP contribution in [0.25, 0.3) is 0 Å². The Morgan fingerprint density at radius 3 is 1.20 bits per heavy atom. The molecule has 16 heteroatoms. The van der Waals surface area contributed by atoms with Crippen LogP contribution in [0.3, 0.4) is 0 Å². The minimum absolute atomic E-state index is 0. The number of rotatable bonds is 8. The van der Waals surface area contributed by atoms with Crippen LogP contribution in [0.2, 0.25) is 0 Å². The molecule has 0 aliphatic carbocycles. The zero-order chi connectivity index (χ0) is 38.1. The van der Waals surface area contributed by atoms with Crippen LogP contribution < -0.4 is 5.11 Å². The zero-order valence-corrected chi connectivity index (χ0v) is 38.9. The van der Waals surface area contributed by atoms with Crippen LogP contribution in [-0.2, 0) is 57.1 Å². The number of benzene rings is 1. The molecule has 1 aromatic carbocycles. The van der Waals surface area contributed by atoms with Crippen molar-refractivity contribution in [1.29, 1.82) is 5.26 Å². The van der Waals surface area contributed by atoms with Crippen LogP contribution in [0.5, 0.6) is 5.75 Å². The Bertz CT molecular complexity index is 1450. The molecule has 309 valence electrons. The van der Waals surface area contributed by atoms with E-state index < -0.39 is 7.12 Å². The summed E-state index contributed by atoms with van der Waals surface area (Å²) in [5.74, 6) is 1.75. The van der Waals surface area contributed by atoms with Crippen LogP contribution >= 0.6 is 0 Å². The first-order chi connectivity index (χ1) is 24.2. The summed E-state index contributed by atoms with van der Waals surface area (Å²) in [6.07, 6.45) is 7.16. The summed E-state index contributed by atoms with van der Waals surface area (Å²) in [6.45, 7) is 25.8. The van der Waals surface area contributed by atoms with E-state index in [1.807, 2.05) is 44.5 Å². The van der Waals surface area contributed by atoms with Gasteiger partial charge in [-0.1, -0.05) is 85.2 Å². The molecule has 12 nitrogen and oxygen atoms in total. The van der Waals surface area contributed by atoms with Crippen molar-refractivity contribution in [2.24, 2.45) is 0 Å².